The molecule has 3 heteroatoms. The molecule has 0 fully saturated rings. The molecule has 0 bridgehead atoms. The smallest absolute Gasteiger partial charge is 0.152 e. The van der Waals surface area contributed by atoms with E-state index >= 15 is 0 Å². The maximum absolute atomic E-state index is 9.69. The summed E-state index contributed by atoms with van der Waals surface area (Å²) >= 11 is 3.35. The second-order valence-corrected chi connectivity index (χ2v) is 6.38. The Kier molecular flexibility index (Phi) is 11.2. The molecule has 0 heterocycles. The molecule has 0 aliphatic heterocycles. The summed E-state index contributed by atoms with van der Waals surface area (Å²) in [6.07, 6.45) is 1.28. The Morgan fingerprint density at radius 1 is 1.17 bits per heavy atom. The predicted molar refractivity (Wildman–Crippen MR) is 105 cm³/mol. The van der Waals surface area contributed by atoms with Crippen LogP contribution >= 0.6 is 15.9 Å². The fraction of sp³-hybridized carbons (Fsp3) is 0.238. The quantitative estimate of drug-likeness (QED) is 0.577. The number of nitrogens with zero attached hydrogens (tertiary/aromatic N) is 1. The molecular formula is C21H24BrNO. The summed E-state index contributed by atoms with van der Waals surface area (Å²) < 4.78 is 1.14. The third-order valence-corrected chi connectivity index (χ3v) is 3.53. The molecule has 2 aromatic carbocycles. The summed E-state index contributed by atoms with van der Waals surface area (Å²) in [4.78, 5) is 9.69. The third kappa shape index (κ3) is 9.76. The van der Waals surface area contributed by atoms with E-state index in [1.165, 1.54) is 18.6 Å². The van der Waals surface area contributed by atoms with Crippen LogP contribution in [0.15, 0.2) is 65.7 Å². The van der Waals surface area contributed by atoms with Gasteiger partial charge in [-0.3, -0.25) is 4.79 Å². The molecule has 2 aromatic rings. The van der Waals surface area contributed by atoms with Gasteiger partial charge in [0.15, 0.2) is 5.78 Å². The first-order valence-corrected chi connectivity index (χ1v) is 8.45. The second-order valence-electron chi connectivity index (χ2n) is 5.46. The largest absolute Gasteiger partial charge is 0.295 e. The number of aryl methyl sites for hydroxylation is 1. The first-order chi connectivity index (χ1) is 11.3. The average Bonchev–Trinajstić information content (AvgIpc) is 2.58. The number of benzene rings is 2. The summed E-state index contributed by atoms with van der Waals surface area (Å²) in [6, 6.07) is 18.1. The standard InChI is InChI=1S/C10H11N.C7H7Br.C4H6O/c1-8(2)10-6-4-3-5-9(10)7-11;1-6-2-4-7(8)5-3-6;1-3-4(2)5/h3-6,8H,1-2H3;2-5H,1H3;3H,1H2,2H3. The van der Waals surface area contributed by atoms with E-state index in [1.54, 1.807) is 0 Å². The minimum Gasteiger partial charge on any atom is -0.295 e. The van der Waals surface area contributed by atoms with Gasteiger partial charge in [-0.15, -0.1) is 0 Å². The number of hydrogen-bond donors (Lipinski definition) is 0. The molecule has 0 aromatic heterocycles. The number of halogens is 1. The Bertz CT molecular complexity index is 661. The maximum atomic E-state index is 9.69. The van der Waals surface area contributed by atoms with Crippen molar-refractivity contribution in [1.29, 1.82) is 5.26 Å². The Hall–Kier alpha value is -2.18. The molecule has 0 aliphatic carbocycles. The highest BCUT2D eigenvalue weighted by Crippen LogP contribution is 2.17. The van der Waals surface area contributed by atoms with Gasteiger partial charge in [0, 0.05) is 4.47 Å². The van der Waals surface area contributed by atoms with Crippen molar-refractivity contribution in [3.63, 3.8) is 0 Å². The van der Waals surface area contributed by atoms with Crippen molar-refractivity contribution in [3.05, 3.63) is 82.3 Å². The van der Waals surface area contributed by atoms with E-state index in [1.807, 2.05) is 36.4 Å². The van der Waals surface area contributed by atoms with E-state index < -0.39 is 0 Å². The number of nitriles is 1. The first-order valence-electron chi connectivity index (χ1n) is 7.66. The van der Waals surface area contributed by atoms with Gasteiger partial charge in [-0.25, -0.2) is 0 Å². The van der Waals surface area contributed by atoms with Crippen molar-refractivity contribution in [1.82, 2.24) is 0 Å². The van der Waals surface area contributed by atoms with Crippen molar-refractivity contribution in [2.24, 2.45) is 0 Å². The minimum atomic E-state index is 0.0185. The van der Waals surface area contributed by atoms with E-state index in [0.717, 1.165) is 15.6 Å². The molecule has 0 saturated carbocycles. The number of ketones is 1. The third-order valence-electron chi connectivity index (χ3n) is 3.00. The van der Waals surface area contributed by atoms with E-state index in [4.69, 9.17) is 5.26 Å². The van der Waals surface area contributed by atoms with Gasteiger partial charge in [0.05, 0.1) is 11.6 Å². The number of carbonyl (C=O) groups excluding carboxylic acids is 1. The molecule has 0 atom stereocenters. The summed E-state index contributed by atoms with van der Waals surface area (Å²) in [5.74, 6) is 0.454. The van der Waals surface area contributed by atoms with Crippen LogP contribution in [0.4, 0.5) is 0 Å². The van der Waals surface area contributed by atoms with Crippen LogP contribution in [0.5, 0.6) is 0 Å². The number of carbonyl (C=O) groups is 1. The predicted octanol–water partition coefficient (Wildman–Crippen LogP) is 6.20. The molecule has 0 aliphatic rings. The fourth-order valence-corrected chi connectivity index (χ4v) is 1.90. The Balaban J connectivity index is 0.000000358. The van der Waals surface area contributed by atoms with Crippen LogP contribution in [0, 0.1) is 18.3 Å². The molecule has 0 radical (unpaired) electrons. The van der Waals surface area contributed by atoms with Crippen LogP contribution in [0.3, 0.4) is 0 Å². The summed E-state index contributed by atoms with van der Waals surface area (Å²) in [5.41, 5.74) is 3.23. The fourth-order valence-electron chi connectivity index (χ4n) is 1.64. The van der Waals surface area contributed by atoms with Gasteiger partial charge in [-0.2, -0.15) is 5.26 Å². The van der Waals surface area contributed by atoms with Crippen molar-refractivity contribution < 1.29 is 4.79 Å². The van der Waals surface area contributed by atoms with Crippen LogP contribution in [0.1, 0.15) is 43.4 Å². The summed E-state index contributed by atoms with van der Waals surface area (Å²) in [6.45, 7) is 10.9. The second kappa shape index (κ2) is 12.3. The van der Waals surface area contributed by atoms with E-state index in [9.17, 15) is 4.79 Å². The van der Waals surface area contributed by atoms with Gasteiger partial charge in [0.2, 0.25) is 0 Å². The first kappa shape index (κ1) is 21.8. The van der Waals surface area contributed by atoms with Crippen LogP contribution in [-0.4, -0.2) is 5.78 Å². The normalized spacial score (nSPS) is 8.88. The van der Waals surface area contributed by atoms with E-state index in [-0.39, 0.29) is 5.78 Å². The molecule has 24 heavy (non-hydrogen) atoms. The monoisotopic (exact) mass is 385 g/mol. The molecule has 0 N–H and O–H groups in total. The zero-order chi connectivity index (χ0) is 18.5. The molecule has 0 amide bonds. The van der Waals surface area contributed by atoms with Crippen LogP contribution in [-0.2, 0) is 4.79 Å². The van der Waals surface area contributed by atoms with Gasteiger partial charge in [-0.1, -0.05) is 72.3 Å². The molecule has 0 saturated heterocycles. The van der Waals surface area contributed by atoms with E-state index in [2.05, 4.69) is 61.5 Å². The lowest BCUT2D eigenvalue weighted by Crippen LogP contribution is -1.90. The Labute approximate surface area is 154 Å². The van der Waals surface area contributed by atoms with Crippen molar-refractivity contribution >= 4 is 21.7 Å². The highest BCUT2D eigenvalue weighted by molar-refractivity contribution is 9.10. The van der Waals surface area contributed by atoms with Gasteiger partial charge >= 0.3 is 0 Å². The number of hydrogen-bond acceptors (Lipinski definition) is 2. The average molecular weight is 386 g/mol. The van der Waals surface area contributed by atoms with Crippen molar-refractivity contribution in [2.45, 2.75) is 33.6 Å². The minimum absolute atomic E-state index is 0.0185. The summed E-state index contributed by atoms with van der Waals surface area (Å²) in [5, 5.41) is 8.72. The van der Waals surface area contributed by atoms with Crippen molar-refractivity contribution in [2.75, 3.05) is 0 Å². The van der Waals surface area contributed by atoms with Crippen LogP contribution in [0.25, 0.3) is 0 Å². The lowest BCUT2D eigenvalue weighted by molar-refractivity contribution is -0.112. The zero-order valence-corrected chi connectivity index (χ0v) is 16.3. The van der Waals surface area contributed by atoms with Gasteiger partial charge in [0.25, 0.3) is 0 Å². The van der Waals surface area contributed by atoms with Gasteiger partial charge in [-0.05, 0) is 49.6 Å². The molecule has 126 valence electrons. The summed E-state index contributed by atoms with van der Waals surface area (Å²) in [7, 11) is 0. The lowest BCUT2D eigenvalue weighted by Gasteiger charge is -2.05. The highest BCUT2D eigenvalue weighted by Gasteiger charge is 2.03. The van der Waals surface area contributed by atoms with Crippen LogP contribution in [0.2, 0.25) is 0 Å². The Morgan fingerprint density at radius 2 is 1.67 bits per heavy atom. The SMILES string of the molecule is C=CC(C)=O.CC(C)c1ccccc1C#N.Cc1ccc(Br)cc1. The van der Waals surface area contributed by atoms with Gasteiger partial charge < -0.3 is 0 Å². The lowest BCUT2D eigenvalue weighted by atomic mass is 9.98. The number of rotatable bonds is 2. The molecule has 0 unspecified atom stereocenters. The molecule has 2 nitrogen and oxygen atoms in total. The van der Waals surface area contributed by atoms with Gasteiger partial charge in [0.1, 0.15) is 0 Å². The van der Waals surface area contributed by atoms with E-state index in [0.29, 0.717) is 5.92 Å². The molecule has 0 spiro atoms. The zero-order valence-electron chi connectivity index (χ0n) is 14.7. The van der Waals surface area contributed by atoms with Crippen LogP contribution < -0.4 is 0 Å². The Morgan fingerprint density at radius 3 is 2.00 bits per heavy atom. The topological polar surface area (TPSA) is 40.9 Å². The number of allylic oxidation sites excluding steroid dienone is 1. The highest BCUT2D eigenvalue weighted by atomic mass is 79.9. The molecular weight excluding hydrogens is 362 g/mol. The molecule has 2 rings (SSSR count). The maximum Gasteiger partial charge on any atom is 0.152 e. The van der Waals surface area contributed by atoms with Crippen molar-refractivity contribution in [3.8, 4) is 6.07 Å².